The highest BCUT2D eigenvalue weighted by Gasteiger charge is 2.15. The van der Waals surface area contributed by atoms with Gasteiger partial charge >= 0.3 is 0 Å². The van der Waals surface area contributed by atoms with Gasteiger partial charge < -0.3 is 4.74 Å². The van der Waals surface area contributed by atoms with Gasteiger partial charge in [-0.3, -0.25) is 25.4 Å². The first-order valence-electron chi connectivity index (χ1n) is 9.70. The number of hydrazine groups is 1. The van der Waals surface area contributed by atoms with Gasteiger partial charge in [0.15, 0.2) is 6.61 Å². The molecule has 0 saturated carbocycles. The molecule has 2 aromatic heterocycles. The van der Waals surface area contributed by atoms with Gasteiger partial charge in [0.1, 0.15) is 5.75 Å². The van der Waals surface area contributed by atoms with Crippen LogP contribution >= 0.6 is 0 Å². The molecule has 0 fully saturated rings. The molecule has 0 spiro atoms. The van der Waals surface area contributed by atoms with E-state index in [1.54, 1.807) is 24.4 Å². The Kier molecular flexibility index (Phi) is 5.84. The number of amides is 2. The predicted octanol–water partition coefficient (Wildman–Crippen LogP) is 3.45. The van der Waals surface area contributed by atoms with E-state index in [4.69, 9.17) is 4.74 Å². The summed E-state index contributed by atoms with van der Waals surface area (Å²) in [5, 5.41) is 0.671. The van der Waals surface area contributed by atoms with Gasteiger partial charge in [0.2, 0.25) is 0 Å². The summed E-state index contributed by atoms with van der Waals surface area (Å²) < 4.78 is 5.43. The Hall–Kier alpha value is -4.26. The molecule has 0 aliphatic rings. The van der Waals surface area contributed by atoms with Crippen LogP contribution in [0.5, 0.6) is 5.75 Å². The molecule has 4 aromatic rings. The Morgan fingerprint density at radius 3 is 2.45 bits per heavy atom. The van der Waals surface area contributed by atoms with Crippen molar-refractivity contribution in [3.63, 3.8) is 0 Å². The number of hydrogen-bond acceptors (Lipinski definition) is 5. The van der Waals surface area contributed by atoms with E-state index in [1.807, 2.05) is 61.5 Å². The van der Waals surface area contributed by atoms with Crippen molar-refractivity contribution in [1.82, 2.24) is 20.8 Å². The second-order valence-electron chi connectivity index (χ2n) is 6.89. The first-order valence-corrected chi connectivity index (χ1v) is 9.70. The van der Waals surface area contributed by atoms with Crippen molar-refractivity contribution in [1.29, 1.82) is 0 Å². The van der Waals surface area contributed by atoms with Crippen molar-refractivity contribution in [2.75, 3.05) is 6.61 Å². The number of rotatable bonds is 5. The van der Waals surface area contributed by atoms with Crippen LogP contribution in [0.25, 0.3) is 22.3 Å². The number of para-hydroxylation sites is 1. The van der Waals surface area contributed by atoms with Gasteiger partial charge in [-0.05, 0) is 43.3 Å². The Morgan fingerprint density at radius 1 is 0.903 bits per heavy atom. The lowest BCUT2D eigenvalue weighted by atomic mass is 10.1. The van der Waals surface area contributed by atoms with Crippen molar-refractivity contribution in [3.05, 3.63) is 90.1 Å². The van der Waals surface area contributed by atoms with E-state index in [9.17, 15) is 9.59 Å². The molecule has 2 N–H and O–H groups in total. The third kappa shape index (κ3) is 4.84. The van der Waals surface area contributed by atoms with E-state index in [2.05, 4.69) is 20.8 Å². The van der Waals surface area contributed by atoms with E-state index in [-0.39, 0.29) is 6.61 Å². The Labute approximate surface area is 179 Å². The van der Waals surface area contributed by atoms with Gasteiger partial charge in [-0.1, -0.05) is 42.0 Å². The average molecular weight is 412 g/mol. The van der Waals surface area contributed by atoms with Crippen LogP contribution < -0.4 is 15.6 Å². The van der Waals surface area contributed by atoms with Crippen LogP contribution in [0.1, 0.15) is 15.9 Å². The lowest BCUT2D eigenvalue weighted by Gasteiger charge is -2.11. The molecule has 31 heavy (non-hydrogen) atoms. The number of aromatic nitrogens is 2. The highest BCUT2D eigenvalue weighted by atomic mass is 16.5. The molecule has 0 aliphatic carbocycles. The smallest absolute Gasteiger partial charge is 0.276 e. The molecule has 7 heteroatoms. The van der Waals surface area contributed by atoms with Crippen LogP contribution in [0.2, 0.25) is 0 Å². The van der Waals surface area contributed by atoms with Gasteiger partial charge in [0, 0.05) is 11.6 Å². The molecule has 0 bridgehead atoms. The minimum atomic E-state index is -0.475. The third-order valence-corrected chi connectivity index (χ3v) is 4.59. The number of nitrogens with zero attached hydrogens (tertiary/aromatic N) is 2. The summed E-state index contributed by atoms with van der Waals surface area (Å²) in [5.74, 6) is -0.357. The zero-order chi connectivity index (χ0) is 21.6. The summed E-state index contributed by atoms with van der Waals surface area (Å²) in [5.41, 5.74) is 8.19. The maximum absolute atomic E-state index is 12.8. The molecule has 154 valence electrons. The number of nitrogens with one attached hydrogen (secondary N) is 2. The number of fused-ring (bicyclic) bond motifs is 1. The molecule has 2 aromatic carbocycles. The average Bonchev–Trinajstić information content (AvgIpc) is 2.82. The zero-order valence-corrected chi connectivity index (χ0v) is 16.8. The predicted molar refractivity (Wildman–Crippen MR) is 117 cm³/mol. The fourth-order valence-electron chi connectivity index (χ4n) is 3.02. The van der Waals surface area contributed by atoms with E-state index < -0.39 is 11.8 Å². The van der Waals surface area contributed by atoms with Crippen molar-refractivity contribution in [2.24, 2.45) is 0 Å². The molecule has 0 unspecified atom stereocenters. The molecular weight excluding hydrogens is 392 g/mol. The first kappa shape index (κ1) is 20.0. The standard InChI is InChI=1S/C24H20N4O3/c1-16-9-11-17(12-10-16)31-15-23(29)27-28-24(30)19-14-22(21-8-4-5-13-25-21)26-20-7-3-2-6-18(19)20/h2-14H,15H2,1H3,(H,27,29)(H,28,30). The van der Waals surface area contributed by atoms with Gasteiger partial charge in [-0.15, -0.1) is 0 Å². The molecule has 4 rings (SSSR count). The third-order valence-electron chi connectivity index (χ3n) is 4.59. The largest absolute Gasteiger partial charge is 0.484 e. The van der Waals surface area contributed by atoms with E-state index in [0.29, 0.717) is 33.6 Å². The van der Waals surface area contributed by atoms with E-state index in [1.165, 1.54) is 0 Å². The van der Waals surface area contributed by atoms with Crippen molar-refractivity contribution in [3.8, 4) is 17.1 Å². The topological polar surface area (TPSA) is 93.2 Å². The number of aryl methyl sites for hydroxylation is 1. The van der Waals surface area contributed by atoms with Crippen LogP contribution in [-0.4, -0.2) is 28.4 Å². The molecule has 0 aliphatic heterocycles. The van der Waals surface area contributed by atoms with Crippen LogP contribution in [0.4, 0.5) is 0 Å². The lowest BCUT2D eigenvalue weighted by molar-refractivity contribution is -0.123. The van der Waals surface area contributed by atoms with E-state index >= 15 is 0 Å². The van der Waals surface area contributed by atoms with Gasteiger partial charge in [0.25, 0.3) is 11.8 Å². The van der Waals surface area contributed by atoms with Gasteiger partial charge in [-0.2, -0.15) is 0 Å². The Bertz CT molecular complexity index is 1220. The monoisotopic (exact) mass is 412 g/mol. The van der Waals surface area contributed by atoms with Crippen LogP contribution in [0.15, 0.2) is 79.0 Å². The molecule has 0 saturated heterocycles. The van der Waals surface area contributed by atoms with Gasteiger partial charge in [0.05, 0.1) is 22.5 Å². The van der Waals surface area contributed by atoms with Crippen molar-refractivity contribution >= 4 is 22.7 Å². The summed E-state index contributed by atoms with van der Waals surface area (Å²) in [7, 11) is 0. The van der Waals surface area contributed by atoms with Crippen LogP contribution in [0, 0.1) is 6.92 Å². The number of pyridine rings is 2. The summed E-state index contributed by atoms with van der Waals surface area (Å²) in [6, 6.07) is 21.8. The molecular formula is C24H20N4O3. The molecule has 0 radical (unpaired) electrons. The summed E-state index contributed by atoms with van der Waals surface area (Å²) in [6.07, 6.45) is 1.67. The van der Waals surface area contributed by atoms with E-state index in [0.717, 1.165) is 5.56 Å². The second kappa shape index (κ2) is 9.04. The molecule has 0 atom stereocenters. The maximum atomic E-state index is 12.8. The summed E-state index contributed by atoms with van der Waals surface area (Å²) in [4.78, 5) is 33.9. The fraction of sp³-hybridized carbons (Fsp3) is 0.0833. The summed E-state index contributed by atoms with van der Waals surface area (Å²) >= 11 is 0. The number of carbonyl (C=O) groups is 2. The fourth-order valence-corrected chi connectivity index (χ4v) is 3.02. The molecule has 2 heterocycles. The first-order chi connectivity index (χ1) is 15.1. The number of benzene rings is 2. The highest BCUT2D eigenvalue weighted by molar-refractivity contribution is 6.07. The Balaban J connectivity index is 1.48. The highest BCUT2D eigenvalue weighted by Crippen LogP contribution is 2.23. The van der Waals surface area contributed by atoms with Gasteiger partial charge in [-0.25, -0.2) is 4.98 Å². The maximum Gasteiger partial charge on any atom is 0.276 e. The van der Waals surface area contributed by atoms with Crippen molar-refractivity contribution < 1.29 is 14.3 Å². The molecule has 2 amide bonds. The Morgan fingerprint density at radius 2 is 1.68 bits per heavy atom. The number of carbonyl (C=O) groups excluding carboxylic acids is 2. The lowest BCUT2D eigenvalue weighted by Crippen LogP contribution is -2.43. The normalized spacial score (nSPS) is 10.5. The van der Waals surface area contributed by atoms with Crippen LogP contribution in [0.3, 0.4) is 0 Å². The summed E-state index contributed by atoms with van der Waals surface area (Å²) in [6.45, 7) is 1.74. The van der Waals surface area contributed by atoms with Crippen LogP contribution in [-0.2, 0) is 4.79 Å². The quantitative estimate of drug-likeness (QED) is 0.490. The van der Waals surface area contributed by atoms with Crippen molar-refractivity contribution in [2.45, 2.75) is 6.92 Å². The minimum absolute atomic E-state index is 0.223. The molecule has 7 nitrogen and oxygen atoms in total. The number of ether oxygens (including phenoxy) is 1. The minimum Gasteiger partial charge on any atom is -0.484 e. The zero-order valence-electron chi connectivity index (χ0n) is 16.8. The number of hydrogen-bond donors (Lipinski definition) is 2. The second-order valence-corrected chi connectivity index (χ2v) is 6.89. The SMILES string of the molecule is Cc1ccc(OCC(=O)NNC(=O)c2cc(-c3ccccn3)nc3ccccc23)cc1.